The molecule has 0 unspecified atom stereocenters. The first kappa shape index (κ1) is 13.2. The van der Waals surface area contributed by atoms with Crippen molar-refractivity contribution in [2.24, 2.45) is 5.41 Å². The normalized spacial score (nSPS) is 11.2. The van der Waals surface area contributed by atoms with Gasteiger partial charge < -0.3 is 4.74 Å². The van der Waals surface area contributed by atoms with E-state index in [2.05, 4.69) is 36.7 Å². The average Bonchev–Trinajstić information content (AvgIpc) is 2.18. The lowest BCUT2D eigenvalue weighted by atomic mass is 9.93. The van der Waals surface area contributed by atoms with E-state index in [0.29, 0.717) is 17.9 Å². The van der Waals surface area contributed by atoms with Gasteiger partial charge in [0.2, 0.25) is 0 Å². The quantitative estimate of drug-likeness (QED) is 0.779. The van der Waals surface area contributed by atoms with Gasteiger partial charge in [-0.3, -0.25) is 4.79 Å². The van der Waals surface area contributed by atoms with Gasteiger partial charge in [-0.05, 0) is 39.9 Å². The second-order valence-corrected chi connectivity index (χ2v) is 5.79. The van der Waals surface area contributed by atoms with E-state index in [1.807, 2.05) is 12.1 Å². The third-order valence-electron chi connectivity index (χ3n) is 2.22. The van der Waals surface area contributed by atoms with Crippen LogP contribution in [0, 0.1) is 5.41 Å². The van der Waals surface area contributed by atoms with Crippen LogP contribution in [0.25, 0.3) is 0 Å². The van der Waals surface area contributed by atoms with Gasteiger partial charge in [-0.25, -0.2) is 0 Å². The van der Waals surface area contributed by atoms with E-state index in [-0.39, 0.29) is 5.41 Å². The second kappa shape index (κ2) is 5.48. The highest BCUT2D eigenvalue weighted by molar-refractivity contribution is 9.10. The minimum absolute atomic E-state index is 0.239. The number of aldehydes is 1. The molecule has 88 valence electrons. The summed E-state index contributed by atoms with van der Waals surface area (Å²) < 4.78 is 6.48. The molecule has 0 aliphatic rings. The Labute approximate surface area is 105 Å². The Morgan fingerprint density at radius 3 is 2.62 bits per heavy atom. The van der Waals surface area contributed by atoms with Crippen molar-refractivity contribution in [2.75, 3.05) is 6.61 Å². The second-order valence-electron chi connectivity index (χ2n) is 4.94. The molecule has 1 aromatic rings. The summed E-state index contributed by atoms with van der Waals surface area (Å²) in [6, 6.07) is 5.45. The molecule has 0 aliphatic heterocycles. The maximum absolute atomic E-state index is 10.8. The summed E-state index contributed by atoms with van der Waals surface area (Å²) in [5.74, 6) is 0.641. The number of benzene rings is 1. The molecule has 0 N–H and O–H groups in total. The summed E-state index contributed by atoms with van der Waals surface area (Å²) in [5, 5.41) is 0. The molecule has 1 rings (SSSR count). The number of para-hydroxylation sites is 1. The number of hydrogen-bond acceptors (Lipinski definition) is 2. The van der Waals surface area contributed by atoms with E-state index in [4.69, 9.17) is 4.74 Å². The minimum Gasteiger partial charge on any atom is -0.492 e. The van der Waals surface area contributed by atoms with E-state index in [0.717, 1.165) is 17.2 Å². The van der Waals surface area contributed by atoms with Gasteiger partial charge in [-0.2, -0.15) is 0 Å². The molecule has 0 fully saturated rings. The first-order valence-corrected chi connectivity index (χ1v) is 6.10. The molecule has 0 bridgehead atoms. The maximum Gasteiger partial charge on any atom is 0.153 e. The lowest BCUT2D eigenvalue weighted by Gasteiger charge is -2.19. The average molecular weight is 285 g/mol. The fourth-order valence-corrected chi connectivity index (χ4v) is 1.73. The number of halogens is 1. The number of carbonyl (C=O) groups is 1. The number of carbonyl (C=O) groups excluding carboxylic acids is 1. The lowest BCUT2D eigenvalue weighted by Crippen LogP contribution is -2.11. The summed E-state index contributed by atoms with van der Waals surface area (Å²) in [4.78, 5) is 10.8. The zero-order chi connectivity index (χ0) is 12.2. The Morgan fingerprint density at radius 1 is 1.38 bits per heavy atom. The highest BCUT2D eigenvalue weighted by Gasteiger charge is 2.12. The largest absolute Gasteiger partial charge is 0.492 e. The molecule has 0 radical (unpaired) electrons. The van der Waals surface area contributed by atoms with Crippen LogP contribution in [0.15, 0.2) is 22.7 Å². The van der Waals surface area contributed by atoms with Crippen LogP contribution in [0.4, 0.5) is 0 Å². The van der Waals surface area contributed by atoms with Crippen LogP contribution in [0.1, 0.15) is 37.6 Å². The Kier molecular flexibility index (Phi) is 4.54. The van der Waals surface area contributed by atoms with Crippen molar-refractivity contribution in [1.82, 2.24) is 0 Å². The highest BCUT2D eigenvalue weighted by Crippen LogP contribution is 2.29. The van der Waals surface area contributed by atoms with Crippen LogP contribution in [0.5, 0.6) is 5.75 Å². The summed E-state index contributed by atoms with van der Waals surface area (Å²) in [7, 11) is 0. The summed E-state index contributed by atoms with van der Waals surface area (Å²) in [6.07, 6.45) is 1.77. The molecule has 3 heteroatoms. The summed E-state index contributed by atoms with van der Waals surface area (Å²) in [5.41, 5.74) is 0.825. The van der Waals surface area contributed by atoms with Crippen molar-refractivity contribution >= 4 is 22.2 Å². The molecular weight excluding hydrogens is 268 g/mol. The Morgan fingerprint density at radius 2 is 2.06 bits per heavy atom. The molecule has 0 aliphatic carbocycles. The van der Waals surface area contributed by atoms with Crippen LogP contribution in [0.3, 0.4) is 0 Å². The van der Waals surface area contributed by atoms with Gasteiger partial charge >= 0.3 is 0 Å². The number of hydrogen-bond donors (Lipinski definition) is 0. The van der Waals surface area contributed by atoms with Crippen molar-refractivity contribution < 1.29 is 9.53 Å². The molecule has 0 heterocycles. The molecule has 0 aromatic heterocycles. The fraction of sp³-hybridized carbons (Fsp3) is 0.462. The van der Waals surface area contributed by atoms with Gasteiger partial charge in [0.1, 0.15) is 5.75 Å². The predicted molar refractivity (Wildman–Crippen MR) is 69.1 cm³/mol. The minimum atomic E-state index is 0.239. The molecule has 2 nitrogen and oxygen atoms in total. The van der Waals surface area contributed by atoms with E-state index in [1.165, 1.54) is 0 Å². The van der Waals surface area contributed by atoms with E-state index in [9.17, 15) is 4.79 Å². The van der Waals surface area contributed by atoms with Crippen LogP contribution in [-0.2, 0) is 0 Å². The SMILES string of the molecule is CC(C)(C)CCOc1c(Br)cccc1C=O. The van der Waals surface area contributed by atoms with Crippen LogP contribution in [-0.4, -0.2) is 12.9 Å². The predicted octanol–water partition coefficient (Wildman–Crippen LogP) is 4.08. The molecular formula is C13H17BrO2. The Balaban J connectivity index is 2.70. The van der Waals surface area contributed by atoms with Crippen molar-refractivity contribution in [3.63, 3.8) is 0 Å². The topological polar surface area (TPSA) is 26.3 Å². The zero-order valence-electron chi connectivity index (χ0n) is 9.92. The number of rotatable bonds is 4. The van der Waals surface area contributed by atoms with Crippen LogP contribution >= 0.6 is 15.9 Å². The van der Waals surface area contributed by atoms with Gasteiger partial charge in [0.15, 0.2) is 6.29 Å². The van der Waals surface area contributed by atoms with E-state index in [1.54, 1.807) is 6.07 Å². The van der Waals surface area contributed by atoms with Gasteiger partial charge in [0.05, 0.1) is 16.6 Å². The molecule has 1 aromatic carbocycles. The molecule has 0 spiro atoms. The Bertz CT molecular complexity index is 367. The summed E-state index contributed by atoms with van der Waals surface area (Å²) >= 11 is 3.38. The van der Waals surface area contributed by atoms with Crippen molar-refractivity contribution in [1.29, 1.82) is 0 Å². The monoisotopic (exact) mass is 284 g/mol. The molecule has 0 saturated carbocycles. The Hall–Kier alpha value is -0.830. The highest BCUT2D eigenvalue weighted by atomic mass is 79.9. The summed E-state index contributed by atoms with van der Waals surface area (Å²) in [6.45, 7) is 7.11. The molecule has 0 amide bonds. The van der Waals surface area contributed by atoms with Crippen LogP contribution in [0.2, 0.25) is 0 Å². The third-order valence-corrected chi connectivity index (χ3v) is 2.85. The fourth-order valence-electron chi connectivity index (χ4n) is 1.23. The number of ether oxygens (including phenoxy) is 1. The third kappa shape index (κ3) is 3.97. The van der Waals surface area contributed by atoms with Gasteiger partial charge in [-0.1, -0.05) is 26.8 Å². The zero-order valence-corrected chi connectivity index (χ0v) is 11.5. The first-order chi connectivity index (χ1) is 7.44. The smallest absolute Gasteiger partial charge is 0.153 e. The van der Waals surface area contributed by atoms with E-state index < -0.39 is 0 Å². The van der Waals surface area contributed by atoms with Crippen LogP contribution < -0.4 is 4.74 Å². The van der Waals surface area contributed by atoms with Gasteiger partial charge in [0.25, 0.3) is 0 Å². The van der Waals surface area contributed by atoms with E-state index >= 15 is 0 Å². The maximum atomic E-state index is 10.8. The lowest BCUT2D eigenvalue weighted by molar-refractivity contribution is 0.111. The van der Waals surface area contributed by atoms with Crippen molar-refractivity contribution in [3.05, 3.63) is 28.2 Å². The van der Waals surface area contributed by atoms with Gasteiger partial charge in [-0.15, -0.1) is 0 Å². The van der Waals surface area contributed by atoms with Crippen molar-refractivity contribution in [3.8, 4) is 5.75 Å². The molecule has 16 heavy (non-hydrogen) atoms. The first-order valence-electron chi connectivity index (χ1n) is 5.30. The standard InChI is InChI=1S/C13H17BrO2/c1-13(2,3)7-8-16-12-10(9-15)5-4-6-11(12)14/h4-6,9H,7-8H2,1-3H3. The van der Waals surface area contributed by atoms with Crippen molar-refractivity contribution in [2.45, 2.75) is 27.2 Å². The van der Waals surface area contributed by atoms with Gasteiger partial charge in [0, 0.05) is 0 Å². The molecule has 0 atom stereocenters. The molecule has 0 saturated heterocycles.